The van der Waals surface area contributed by atoms with Crippen molar-refractivity contribution >= 4 is 19.7 Å². The quantitative estimate of drug-likeness (QED) is 0.0212. The van der Waals surface area contributed by atoms with Crippen molar-refractivity contribution in [2.45, 2.75) is 322 Å². The Morgan fingerprint density at radius 1 is 0.419 bits per heavy atom. The Morgan fingerprint density at radius 3 is 1.14 bits per heavy atom. The van der Waals surface area contributed by atoms with Crippen molar-refractivity contribution in [1.29, 1.82) is 0 Å². The van der Waals surface area contributed by atoms with Crippen LogP contribution in [0, 0.1) is 0 Å². The highest BCUT2D eigenvalue weighted by molar-refractivity contribution is 7.45. The third-order valence-corrected chi connectivity index (χ3v) is 16.4. The Labute approximate surface area is 531 Å². The molecular weight excluding hydrogens is 1080 g/mol. The number of allylic oxidation sites excluding steroid dienone is 17. The summed E-state index contributed by atoms with van der Waals surface area (Å²) in [5.74, 6) is -0.551. The molecule has 3 unspecified atom stereocenters. The Bertz CT molecular complexity index is 1840. The second-order valence-electron chi connectivity index (χ2n) is 25.0. The molecule has 496 valence electrons. The summed E-state index contributed by atoms with van der Waals surface area (Å²) in [6.07, 6.45) is 89.2. The van der Waals surface area contributed by atoms with Gasteiger partial charge < -0.3 is 28.5 Å². The van der Waals surface area contributed by atoms with E-state index in [0.717, 1.165) is 116 Å². The van der Waals surface area contributed by atoms with Crippen molar-refractivity contribution < 1.29 is 37.3 Å². The van der Waals surface area contributed by atoms with Gasteiger partial charge in [0.1, 0.15) is 19.3 Å². The number of quaternary nitrogens is 1. The number of amides is 1. The molecule has 10 heteroatoms. The Kier molecular flexibility index (Phi) is 62.1. The minimum Gasteiger partial charge on any atom is -0.756 e. The summed E-state index contributed by atoms with van der Waals surface area (Å²) < 4.78 is 30.4. The lowest BCUT2D eigenvalue weighted by Crippen LogP contribution is -2.47. The van der Waals surface area contributed by atoms with E-state index in [2.05, 4.69) is 123 Å². The van der Waals surface area contributed by atoms with E-state index in [1.165, 1.54) is 161 Å². The number of esters is 1. The largest absolute Gasteiger partial charge is 0.756 e. The van der Waals surface area contributed by atoms with Crippen LogP contribution in [-0.2, 0) is 27.9 Å². The number of nitrogens with one attached hydrogen (secondary N) is 1. The molecule has 0 bridgehead atoms. The van der Waals surface area contributed by atoms with Gasteiger partial charge in [-0.25, -0.2) is 0 Å². The number of phosphoric ester groups is 1. The maximum absolute atomic E-state index is 13.6. The van der Waals surface area contributed by atoms with E-state index >= 15 is 0 Å². The molecule has 0 saturated carbocycles. The first kappa shape index (κ1) is 82.7. The third kappa shape index (κ3) is 65.1. The maximum Gasteiger partial charge on any atom is 0.306 e. The lowest BCUT2D eigenvalue weighted by atomic mass is 10.0. The highest BCUT2D eigenvalue weighted by atomic mass is 31.2. The average Bonchev–Trinajstić information content (AvgIpc) is 3.67. The first-order chi connectivity index (χ1) is 41.9. The molecule has 0 spiro atoms. The van der Waals surface area contributed by atoms with Gasteiger partial charge in [-0.05, 0) is 115 Å². The van der Waals surface area contributed by atoms with Crippen LogP contribution in [0.1, 0.15) is 310 Å². The predicted octanol–water partition coefficient (Wildman–Crippen LogP) is 22.2. The SMILES string of the molecule is CC/C=C\C/C=C\C/C=C\C/C=C\C/C=C\C/C=C\CCCCCCCCCCC(=O)NC(COP(=O)([O-])OCC[N+](C)(C)C)C(/C=C\CCCCCCCCCCCC)OC(=O)CCCCCCCCCCCCC/C=C\C/C=C\CCCCC. The molecule has 9 nitrogen and oxygen atoms in total. The van der Waals surface area contributed by atoms with Gasteiger partial charge in [0.15, 0.2) is 0 Å². The molecule has 0 aromatic heterocycles. The van der Waals surface area contributed by atoms with Gasteiger partial charge in [0.25, 0.3) is 7.82 Å². The number of ether oxygens (including phenoxy) is 1. The van der Waals surface area contributed by atoms with Crippen molar-refractivity contribution in [2.75, 3.05) is 40.9 Å². The molecular formula is C76H135N2O7P. The van der Waals surface area contributed by atoms with Gasteiger partial charge in [0.2, 0.25) is 5.91 Å². The van der Waals surface area contributed by atoms with Gasteiger partial charge in [0.05, 0.1) is 33.8 Å². The zero-order valence-corrected chi connectivity index (χ0v) is 57.6. The van der Waals surface area contributed by atoms with E-state index in [4.69, 9.17) is 13.8 Å². The van der Waals surface area contributed by atoms with Crippen LogP contribution in [0.2, 0.25) is 0 Å². The van der Waals surface area contributed by atoms with Gasteiger partial charge in [-0.3, -0.25) is 14.2 Å². The first-order valence-electron chi connectivity index (χ1n) is 35.7. The zero-order valence-electron chi connectivity index (χ0n) is 56.7. The Balaban J connectivity index is 5.09. The molecule has 1 amide bonds. The molecule has 0 aliphatic rings. The van der Waals surface area contributed by atoms with E-state index in [0.29, 0.717) is 17.4 Å². The number of carbonyl (C=O) groups excluding carboxylic acids is 2. The summed E-state index contributed by atoms with van der Waals surface area (Å²) in [5, 5.41) is 3.04. The summed E-state index contributed by atoms with van der Waals surface area (Å²) in [6.45, 7) is 6.71. The van der Waals surface area contributed by atoms with Gasteiger partial charge in [-0.2, -0.15) is 0 Å². The lowest BCUT2D eigenvalue weighted by molar-refractivity contribution is -0.870. The number of likely N-dealkylation sites (N-methyl/N-ethyl adjacent to an activating group) is 1. The fourth-order valence-electron chi connectivity index (χ4n) is 9.97. The average molecular weight is 1220 g/mol. The van der Waals surface area contributed by atoms with Crippen LogP contribution in [0.25, 0.3) is 0 Å². The van der Waals surface area contributed by atoms with Crippen LogP contribution < -0.4 is 10.2 Å². The summed E-state index contributed by atoms with van der Waals surface area (Å²) in [5.41, 5.74) is 0. The van der Waals surface area contributed by atoms with Gasteiger partial charge in [-0.15, -0.1) is 0 Å². The number of phosphoric acid groups is 1. The number of rotatable bonds is 64. The highest BCUT2D eigenvalue weighted by Crippen LogP contribution is 2.38. The third-order valence-electron chi connectivity index (χ3n) is 15.4. The molecule has 1 N–H and O–H groups in total. The number of unbranched alkanes of at least 4 members (excludes halogenated alkanes) is 32. The maximum atomic E-state index is 13.6. The van der Waals surface area contributed by atoms with Crippen LogP contribution in [0.4, 0.5) is 0 Å². The van der Waals surface area contributed by atoms with Crippen molar-refractivity contribution in [3.05, 3.63) is 109 Å². The molecule has 0 aliphatic heterocycles. The van der Waals surface area contributed by atoms with Crippen LogP contribution in [0.15, 0.2) is 109 Å². The predicted molar refractivity (Wildman–Crippen MR) is 371 cm³/mol. The number of nitrogens with zero attached hydrogens (tertiary/aromatic N) is 1. The van der Waals surface area contributed by atoms with E-state index < -0.39 is 26.6 Å². The monoisotopic (exact) mass is 1220 g/mol. The molecule has 0 saturated heterocycles. The highest BCUT2D eigenvalue weighted by Gasteiger charge is 2.27. The van der Waals surface area contributed by atoms with Crippen LogP contribution in [-0.4, -0.2) is 69.4 Å². The van der Waals surface area contributed by atoms with E-state index in [1.54, 1.807) is 0 Å². The first-order valence-corrected chi connectivity index (χ1v) is 37.2. The van der Waals surface area contributed by atoms with Crippen LogP contribution in [0.5, 0.6) is 0 Å². The van der Waals surface area contributed by atoms with Gasteiger partial charge in [0, 0.05) is 12.8 Å². The molecule has 0 radical (unpaired) electrons. The number of hydrogen-bond donors (Lipinski definition) is 1. The molecule has 86 heavy (non-hydrogen) atoms. The minimum absolute atomic E-state index is 0.0287. The Morgan fingerprint density at radius 2 is 0.744 bits per heavy atom. The van der Waals surface area contributed by atoms with Crippen molar-refractivity contribution in [3.63, 3.8) is 0 Å². The molecule has 0 aromatic rings. The van der Waals surface area contributed by atoms with Crippen molar-refractivity contribution in [2.24, 2.45) is 0 Å². The van der Waals surface area contributed by atoms with Crippen molar-refractivity contribution in [3.8, 4) is 0 Å². The summed E-state index contributed by atoms with van der Waals surface area (Å²) >= 11 is 0. The van der Waals surface area contributed by atoms with Crippen LogP contribution >= 0.6 is 7.82 Å². The lowest BCUT2D eigenvalue weighted by Gasteiger charge is -2.30. The van der Waals surface area contributed by atoms with Gasteiger partial charge >= 0.3 is 5.97 Å². The van der Waals surface area contributed by atoms with E-state index in [9.17, 15) is 19.0 Å². The molecule has 0 rings (SSSR count). The summed E-state index contributed by atoms with van der Waals surface area (Å²) in [7, 11) is 1.17. The Hall–Kier alpha value is -3.33. The van der Waals surface area contributed by atoms with E-state index in [1.807, 2.05) is 33.3 Å². The normalized spacial score (nSPS) is 14.2. The fraction of sp³-hybridized carbons (Fsp3) is 0.737. The molecule has 0 heterocycles. The summed E-state index contributed by atoms with van der Waals surface area (Å²) in [4.78, 5) is 40.2. The second kappa shape index (κ2) is 64.6. The standard InChI is InChI=1S/C76H135N2O7P/c1-7-10-13-16-19-22-25-28-30-32-34-36-37-38-39-40-41-43-44-46-48-50-53-56-59-62-65-68-75(79)77-73(72-84-86(81,82)83-71-70-78(4,5)6)74(67-64-61-58-55-52-27-24-21-18-15-12-9-3)85-76(80)69-66-63-60-57-54-51-49-47-45-42-35-33-31-29-26-23-20-17-14-11-8-2/h10,13,19-20,22-23,28-31,34,36,38-39,41,43,64,67,73-74H,7-9,11-12,14-18,21,24-27,32-33,35,37,40,42,44-63,65-66,68-72H2,1-6H3,(H-,77,79,81,82)/b13-10-,22-19-,23-20-,30-28-,31-29-,36-34-,39-38-,43-41-,67-64-. The molecule has 3 atom stereocenters. The van der Waals surface area contributed by atoms with E-state index in [-0.39, 0.29) is 24.9 Å². The zero-order chi connectivity index (χ0) is 62.8. The minimum atomic E-state index is -4.71. The topological polar surface area (TPSA) is 114 Å². The summed E-state index contributed by atoms with van der Waals surface area (Å²) in [6, 6.07) is -0.901. The van der Waals surface area contributed by atoms with Gasteiger partial charge in [-0.1, -0.05) is 291 Å². The van der Waals surface area contributed by atoms with Crippen molar-refractivity contribution in [1.82, 2.24) is 5.32 Å². The smallest absolute Gasteiger partial charge is 0.306 e. The van der Waals surface area contributed by atoms with Crippen LogP contribution in [0.3, 0.4) is 0 Å². The molecule has 0 aliphatic carbocycles. The second-order valence-corrected chi connectivity index (χ2v) is 26.4. The number of carbonyl (C=O) groups is 2. The molecule has 0 aromatic carbocycles. The number of hydrogen-bond acceptors (Lipinski definition) is 7. The fourth-order valence-corrected chi connectivity index (χ4v) is 10.7. The molecule has 0 fully saturated rings.